The summed E-state index contributed by atoms with van der Waals surface area (Å²) in [5, 5.41) is 4.79. The Morgan fingerprint density at radius 3 is 2.41 bits per heavy atom. The van der Waals surface area contributed by atoms with Crippen molar-refractivity contribution in [2.75, 3.05) is 7.05 Å². The first-order valence-electron chi connectivity index (χ1n) is 10.3. The minimum atomic E-state index is 0.0328. The number of rotatable bonds is 9. The molecule has 0 fully saturated rings. The minimum Gasteiger partial charge on any atom is -0.489 e. The van der Waals surface area contributed by atoms with Crippen molar-refractivity contribution < 1.29 is 4.74 Å². The van der Waals surface area contributed by atoms with Crippen LogP contribution >= 0.6 is 8.58 Å². The SMILES string of the molecule is CCC(C)(Pc1ccc(C)cc1CNC)c1ccccc1OCc1ccccc1. The molecule has 3 aromatic carbocycles. The summed E-state index contributed by atoms with van der Waals surface area (Å²) in [6.45, 7) is 8.32. The largest absolute Gasteiger partial charge is 0.489 e. The molecule has 3 aromatic rings. The standard InChI is InChI=1S/C26H32NOP/c1-5-26(3,29-25-16-15-20(2)17-22(25)18-27-4)23-13-9-10-14-24(23)28-19-21-11-7-6-8-12-21/h6-17,27,29H,5,18-19H2,1-4H3. The lowest BCUT2D eigenvalue weighted by Crippen LogP contribution is -2.22. The van der Waals surface area contributed by atoms with Crippen LogP contribution in [0.5, 0.6) is 5.75 Å². The molecule has 0 spiro atoms. The Bertz CT molecular complexity index is 925. The number of para-hydroxylation sites is 1. The first kappa shape index (κ1) is 21.6. The van der Waals surface area contributed by atoms with Gasteiger partial charge in [0.15, 0.2) is 0 Å². The van der Waals surface area contributed by atoms with Crippen molar-refractivity contribution in [2.45, 2.75) is 45.5 Å². The van der Waals surface area contributed by atoms with Crippen molar-refractivity contribution in [3.63, 3.8) is 0 Å². The summed E-state index contributed by atoms with van der Waals surface area (Å²) in [6.07, 6.45) is 1.06. The Morgan fingerprint density at radius 2 is 1.69 bits per heavy atom. The molecular formula is C26H32NOP. The summed E-state index contributed by atoms with van der Waals surface area (Å²) in [7, 11) is 2.69. The third kappa shape index (κ3) is 5.47. The number of hydrogen-bond donors (Lipinski definition) is 1. The second-order valence-electron chi connectivity index (χ2n) is 7.77. The zero-order valence-electron chi connectivity index (χ0n) is 18.0. The molecule has 0 heterocycles. The van der Waals surface area contributed by atoms with Crippen molar-refractivity contribution in [3.05, 3.63) is 95.1 Å². The van der Waals surface area contributed by atoms with E-state index in [1.54, 1.807) is 0 Å². The number of aryl methyl sites for hydroxylation is 1. The Balaban J connectivity index is 1.89. The first-order valence-corrected chi connectivity index (χ1v) is 11.3. The topological polar surface area (TPSA) is 21.3 Å². The van der Waals surface area contributed by atoms with Crippen LogP contribution < -0.4 is 15.4 Å². The zero-order valence-corrected chi connectivity index (χ0v) is 19.0. The van der Waals surface area contributed by atoms with Crippen molar-refractivity contribution in [3.8, 4) is 5.75 Å². The zero-order chi connectivity index (χ0) is 20.7. The van der Waals surface area contributed by atoms with Gasteiger partial charge >= 0.3 is 0 Å². The molecule has 0 aliphatic rings. The van der Waals surface area contributed by atoms with Gasteiger partial charge in [-0.25, -0.2) is 0 Å². The molecule has 3 heteroatoms. The van der Waals surface area contributed by atoms with E-state index in [0.29, 0.717) is 15.2 Å². The van der Waals surface area contributed by atoms with Crippen molar-refractivity contribution in [1.29, 1.82) is 0 Å². The van der Waals surface area contributed by atoms with Crippen molar-refractivity contribution >= 4 is 13.9 Å². The molecule has 0 aliphatic carbocycles. The maximum Gasteiger partial charge on any atom is 0.123 e. The van der Waals surface area contributed by atoms with Gasteiger partial charge in [0.1, 0.15) is 12.4 Å². The van der Waals surface area contributed by atoms with E-state index in [1.807, 2.05) is 13.1 Å². The van der Waals surface area contributed by atoms with Crippen LogP contribution in [-0.4, -0.2) is 7.05 Å². The molecule has 0 aliphatic heterocycles. The van der Waals surface area contributed by atoms with Gasteiger partial charge in [0.25, 0.3) is 0 Å². The first-order chi connectivity index (χ1) is 14.1. The van der Waals surface area contributed by atoms with Gasteiger partial charge in [-0.15, -0.1) is 0 Å². The molecular weight excluding hydrogens is 373 g/mol. The molecule has 0 aromatic heterocycles. The summed E-state index contributed by atoms with van der Waals surface area (Å²) in [5.74, 6) is 0.996. The maximum atomic E-state index is 6.30. The smallest absolute Gasteiger partial charge is 0.123 e. The number of nitrogens with one attached hydrogen (secondary N) is 1. The van der Waals surface area contributed by atoms with Gasteiger partial charge in [0, 0.05) is 17.3 Å². The third-order valence-electron chi connectivity index (χ3n) is 5.46. The Hall–Kier alpha value is -2.15. The highest BCUT2D eigenvalue weighted by molar-refractivity contribution is 7.48. The molecule has 2 atom stereocenters. The maximum absolute atomic E-state index is 6.30. The highest BCUT2D eigenvalue weighted by Gasteiger charge is 2.29. The van der Waals surface area contributed by atoms with Crippen LogP contribution in [0.2, 0.25) is 0 Å². The number of hydrogen-bond acceptors (Lipinski definition) is 2. The van der Waals surface area contributed by atoms with Gasteiger partial charge in [-0.2, -0.15) is 0 Å². The summed E-state index contributed by atoms with van der Waals surface area (Å²) in [5.41, 5.74) is 5.20. The van der Waals surface area contributed by atoms with Crippen LogP contribution in [0.15, 0.2) is 72.8 Å². The highest BCUT2D eigenvalue weighted by Crippen LogP contribution is 2.47. The van der Waals surface area contributed by atoms with E-state index in [4.69, 9.17) is 4.74 Å². The Labute approximate surface area is 177 Å². The molecule has 2 nitrogen and oxygen atoms in total. The van der Waals surface area contributed by atoms with E-state index in [1.165, 1.54) is 27.6 Å². The molecule has 152 valence electrons. The molecule has 0 bridgehead atoms. The van der Waals surface area contributed by atoms with E-state index in [2.05, 4.69) is 92.8 Å². The Morgan fingerprint density at radius 1 is 0.966 bits per heavy atom. The lowest BCUT2D eigenvalue weighted by Gasteiger charge is -2.32. The number of benzene rings is 3. The fourth-order valence-electron chi connectivity index (χ4n) is 3.61. The monoisotopic (exact) mass is 405 g/mol. The lowest BCUT2D eigenvalue weighted by molar-refractivity contribution is 0.300. The van der Waals surface area contributed by atoms with Crippen LogP contribution in [0, 0.1) is 6.92 Å². The molecule has 29 heavy (non-hydrogen) atoms. The fourth-order valence-corrected chi connectivity index (χ4v) is 5.21. The number of ether oxygens (including phenoxy) is 1. The fraction of sp³-hybridized carbons (Fsp3) is 0.308. The second kappa shape index (κ2) is 10.1. The van der Waals surface area contributed by atoms with Crippen LogP contribution in [0.3, 0.4) is 0 Å². The van der Waals surface area contributed by atoms with Gasteiger partial charge < -0.3 is 10.1 Å². The lowest BCUT2D eigenvalue weighted by atomic mass is 9.96. The van der Waals surface area contributed by atoms with Gasteiger partial charge in [-0.1, -0.05) is 94.7 Å². The van der Waals surface area contributed by atoms with Crippen LogP contribution in [0.4, 0.5) is 0 Å². The van der Waals surface area contributed by atoms with Gasteiger partial charge in [0.05, 0.1) is 0 Å². The highest BCUT2D eigenvalue weighted by atomic mass is 31.1. The van der Waals surface area contributed by atoms with E-state index in [0.717, 1.165) is 18.7 Å². The molecule has 0 amide bonds. The summed E-state index contributed by atoms with van der Waals surface area (Å²) >= 11 is 0. The van der Waals surface area contributed by atoms with Crippen LogP contribution in [0.1, 0.15) is 42.5 Å². The molecule has 0 radical (unpaired) electrons. The minimum absolute atomic E-state index is 0.0328. The molecule has 1 N–H and O–H groups in total. The Kier molecular flexibility index (Phi) is 7.47. The van der Waals surface area contributed by atoms with Gasteiger partial charge in [0.2, 0.25) is 0 Å². The quantitative estimate of drug-likeness (QED) is 0.446. The van der Waals surface area contributed by atoms with Crippen molar-refractivity contribution in [2.24, 2.45) is 0 Å². The van der Waals surface area contributed by atoms with Gasteiger partial charge in [-0.3, -0.25) is 0 Å². The van der Waals surface area contributed by atoms with E-state index in [9.17, 15) is 0 Å². The molecule has 2 unspecified atom stereocenters. The predicted molar refractivity (Wildman–Crippen MR) is 127 cm³/mol. The summed E-state index contributed by atoms with van der Waals surface area (Å²) in [4.78, 5) is 0. The van der Waals surface area contributed by atoms with Crippen LogP contribution in [-0.2, 0) is 18.3 Å². The average molecular weight is 406 g/mol. The van der Waals surface area contributed by atoms with Crippen molar-refractivity contribution in [1.82, 2.24) is 5.32 Å². The molecule has 0 saturated carbocycles. The third-order valence-corrected chi connectivity index (χ3v) is 7.40. The van der Waals surface area contributed by atoms with Crippen LogP contribution in [0.25, 0.3) is 0 Å². The summed E-state index contributed by atoms with van der Waals surface area (Å²) < 4.78 is 6.30. The van der Waals surface area contributed by atoms with E-state index < -0.39 is 0 Å². The normalized spacial score (nSPS) is 13.5. The summed E-state index contributed by atoms with van der Waals surface area (Å²) in [6, 6.07) is 25.8. The van der Waals surface area contributed by atoms with E-state index in [-0.39, 0.29) is 5.16 Å². The molecule has 3 rings (SSSR count). The average Bonchev–Trinajstić information content (AvgIpc) is 2.75. The predicted octanol–water partition coefficient (Wildman–Crippen LogP) is 5.92. The van der Waals surface area contributed by atoms with E-state index >= 15 is 0 Å². The van der Waals surface area contributed by atoms with Gasteiger partial charge in [-0.05, 0) is 42.9 Å². The second-order valence-corrected chi connectivity index (χ2v) is 9.66. The molecule has 0 saturated heterocycles.